The molecule has 4 amide bonds. The van der Waals surface area contributed by atoms with Crippen LogP contribution < -0.4 is 10.6 Å². The van der Waals surface area contributed by atoms with Crippen LogP contribution in [0.25, 0.3) is 0 Å². The SMILES string of the molecule is COCC(C)(C)CNc1cccc2c1C(=O)N(C1CCC(=O)NC1=O)C2=O. The van der Waals surface area contributed by atoms with Gasteiger partial charge in [-0.2, -0.15) is 0 Å². The fourth-order valence-corrected chi connectivity index (χ4v) is 3.44. The molecule has 3 rings (SSSR count). The number of piperidine rings is 1. The Balaban J connectivity index is 1.86. The average Bonchev–Trinajstić information content (AvgIpc) is 2.85. The molecule has 2 aliphatic heterocycles. The van der Waals surface area contributed by atoms with Gasteiger partial charge in [0.15, 0.2) is 0 Å². The number of hydrogen-bond donors (Lipinski definition) is 2. The third kappa shape index (κ3) is 3.57. The van der Waals surface area contributed by atoms with Crippen molar-refractivity contribution in [1.82, 2.24) is 10.2 Å². The van der Waals surface area contributed by atoms with Gasteiger partial charge in [0.2, 0.25) is 11.8 Å². The number of anilines is 1. The average molecular weight is 373 g/mol. The summed E-state index contributed by atoms with van der Waals surface area (Å²) in [5, 5.41) is 5.42. The van der Waals surface area contributed by atoms with Crippen LogP contribution in [0.2, 0.25) is 0 Å². The zero-order chi connectivity index (χ0) is 19.8. The lowest BCUT2D eigenvalue weighted by Crippen LogP contribution is -2.54. The molecule has 0 bridgehead atoms. The number of carbonyl (C=O) groups is 4. The Morgan fingerprint density at radius 3 is 2.63 bits per heavy atom. The van der Waals surface area contributed by atoms with Gasteiger partial charge in [-0.15, -0.1) is 0 Å². The molecule has 0 aromatic heterocycles. The molecule has 0 aliphatic carbocycles. The second kappa shape index (κ2) is 7.11. The van der Waals surface area contributed by atoms with Crippen molar-refractivity contribution in [3.8, 4) is 0 Å². The van der Waals surface area contributed by atoms with Gasteiger partial charge >= 0.3 is 0 Å². The van der Waals surface area contributed by atoms with E-state index in [0.717, 1.165) is 4.90 Å². The lowest BCUT2D eigenvalue weighted by Gasteiger charge is -2.28. The van der Waals surface area contributed by atoms with Crippen molar-refractivity contribution >= 4 is 29.3 Å². The number of amides is 4. The summed E-state index contributed by atoms with van der Waals surface area (Å²) in [6.45, 7) is 5.12. The van der Waals surface area contributed by atoms with Crippen LogP contribution in [-0.2, 0) is 14.3 Å². The van der Waals surface area contributed by atoms with Crippen LogP contribution in [0.4, 0.5) is 5.69 Å². The Bertz CT molecular complexity index is 818. The predicted molar refractivity (Wildman–Crippen MR) is 97.3 cm³/mol. The molecule has 2 aliphatic rings. The molecule has 144 valence electrons. The van der Waals surface area contributed by atoms with E-state index in [4.69, 9.17) is 4.74 Å². The maximum atomic E-state index is 13.0. The van der Waals surface area contributed by atoms with Crippen molar-refractivity contribution in [2.24, 2.45) is 5.41 Å². The quantitative estimate of drug-likeness (QED) is 0.726. The molecule has 0 spiro atoms. The molecule has 8 heteroatoms. The van der Waals surface area contributed by atoms with E-state index in [1.165, 1.54) is 0 Å². The van der Waals surface area contributed by atoms with Crippen molar-refractivity contribution < 1.29 is 23.9 Å². The van der Waals surface area contributed by atoms with Crippen LogP contribution in [-0.4, -0.2) is 54.8 Å². The number of carbonyl (C=O) groups excluding carboxylic acids is 4. The zero-order valence-corrected chi connectivity index (χ0v) is 15.6. The van der Waals surface area contributed by atoms with Gasteiger partial charge in [0, 0.05) is 31.2 Å². The van der Waals surface area contributed by atoms with Crippen LogP contribution in [0.3, 0.4) is 0 Å². The molecule has 1 aromatic rings. The van der Waals surface area contributed by atoms with Gasteiger partial charge in [0.1, 0.15) is 6.04 Å². The second-order valence-corrected chi connectivity index (χ2v) is 7.63. The highest BCUT2D eigenvalue weighted by atomic mass is 16.5. The Labute approximate surface area is 157 Å². The van der Waals surface area contributed by atoms with Crippen LogP contribution in [0.15, 0.2) is 18.2 Å². The first-order chi connectivity index (χ1) is 12.7. The van der Waals surface area contributed by atoms with Crippen LogP contribution >= 0.6 is 0 Å². The molecular formula is C19H23N3O5. The van der Waals surface area contributed by atoms with Gasteiger partial charge in [-0.25, -0.2) is 0 Å². The number of benzene rings is 1. The summed E-state index contributed by atoms with van der Waals surface area (Å²) in [5.41, 5.74) is 0.899. The lowest BCUT2D eigenvalue weighted by atomic mass is 9.94. The Kier molecular flexibility index (Phi) is 5.01. The van der Waals surface area contributed by atoms with Gasteiger partial charge in [-0.05, 0) is 18.6 Å². The summed E-state index contributed by atoms with van der Waals surface area (Å²) in [5.74, 6) is -2.03. The summed E-state index contributed by atoms with van der Waals surface area (Å²) in [4.78, 5) is 50.2. The highest BCUT2D eigenvalue weighted by molar-refractivity contribution is 6.25. The van der Waals surface area contributed by atoms with Crippen LogP contribution in [0, 0.1) is 5.41 Å². The zero-order valence-electron chi connectivity index (χ0n) is 15.6. The number of ether oxygens (including phenoxy) is 1. The summed E-state index contributed by atoms with van der Waals surface area (Å²) >= 11 is 0. The standard InChI is InChI=1S/C19H23N3O5/c1-19(2,10-27-3)9-20-12-6-4-5-11-15(12)18(26)22(17(11)25)13-7-8-14(23)21-16(13)24/h4-6,13,20H,7-10H2,1-3H3,(H,21,23,24). The molecule has 1 unspecified atom stereocenters. The molecule has 27 heavy (non-hydrogen) atoms. The van der Waals surface area contributed by atoms with Crippen molar-refractivity contribution in [2.75, 3.05) is 25.6 Å². The van der Waals surface area contributed by atoms with Crippen molar-refractivity contribution in [3.63, 3.8) is 0 Å². The number of rotatable bonds is 6. The van der Waals surface area contributed by atoms with E-state index in [2.05, 4.69) is 10.6 Å². The Morgan fingerprint density at radius 1 is 1.22 bits per heavy atom. The Hall–Kier alpha value is -2.74. The van der Waals surface area contributed by atoms with Gasteiger partial charge in [-0.1, -0.05) is 19.9 Å². The summed E-state index contributed by atoms with van der Waals surface area (Å²) in [6, 6.07) is 4.05. The van der Waals surface area contributed by atoms with E-state index in [1.54, 1.807) is 25.3 Å². The molecule has 2 N–H and O–H groups in total. The second-order valence-electron chi connectivity index (χ2n) is 7.63. The molecule has 1 aromatic carbocycles. The maximum Gasteiger partial charge on any atom is 0.264 e. The summed E-state index contributed by atoms with van der Waals surface area (Å²) < 4.78 is 5.20. The lowest BCUT2D eigenvalue weighted by molar-refractivity contribution is -0.136. The van der Waals surface area contributed by atoms with Crippen LogP contribution in [0.1, 0.15) is 47.4 Å². The smallest absolute Gasteiger partial charge is 0.264 e. The van der Waals surface area contributed by atoms with E-state index in [9.17, 15) is 19.2 Å². The topological polar surface area (TPSA) is 105 Å². The first-order valence-electron chi connectivity index (χ1n) is 8.82. The molecule has 1 fully saturated rings. The fraction of sp³-hybridized carbons (Fsp3) is 0.474. The number of methoxy groups -OCH3 is 1. The molecule has 2 heterocycles. The first-order valence-corrected chi connectivity index (χ1v) is 8.82. The minimum atomic E-state index is -0.965. The number of hydrogen-bond acceptors (Lipinski definition) is 6. The number of imide groups is 2. The minimum Gasteiger partial charge on any atom is -0.384 e. The molecule has 8 nitrogen and oxygen atoms in total. The van der Waals surface area contributed by atoms with Crippen molar-refractivity contribution in [3.05, 3.63) is 29.3 Å². The highest BCUT2D eigenvalue weighted by Gasteiger charge is 2.45. The summed E-state index contributed by atoms with van der Waals surface area (Å²) in [7, 11) is 1.63. The van der Waals surface area contributed by atoms with E-state index in [1.807, 2.05) is 13.8 Å². The fourth-order valence-electron chi connectivity index (χ4n) is 3.44. The van der Waals surface area contributed by atoms with E-state index >= 15 is 0 Å². The number of nitrogens with one attached hydrogen (secondary N) is 2. The number of nitrogens with zero attached hydrogens (tertiary/aromatic N) is 1. The van der Waals surface area contributed by atoms with E-state index in [0.29, 0.717) is 18.8 Å². The molecule has 0 radical (unpaired) electrons. The van der Waals surface area contributed by atoms with Crippen molar-refractivity contribution in [2.45, 2.75) is 32.7 Å². The van der Waals surface area contributed by atoms with Crippen molar-refractivity contribution in [1.29, 1.82) is 0 Å². The Morgan fingerprint density at radius 2 is 1.96 bits per heavy atom. The third-order valence-electron chi connectivity index (χ3n) is 4.76. The first kappa shape index (κ1) is 19.0. The number of fused-ring (bicyclic) bond motifs is 1. The monoisotopic (exact) mass is 373 g/mol. The van der Waals surface area contributed by atoms with Crippen LogP contribution in [0.5, 0.6) is 0 Å². The largest absolute Gasteiger partial charge is 0.384 e. The predicted octanol–water partition coefficient (Wildman–Crippen LogP) is 1.17. The molecule has 0 saturated carbocycles. The minimum absolute atomic E-state index is 0.0973. The third-order valence-corrected chi connectivity index (χ3v) is 4.76. The van der Waals surface area contributed by atoms with Gasteiger partial charge in [-0.3, -0.25) is 29.4 Å². The van der Waals surface area contributed by atoms with E-state index < -0.39 is 29.7 Å². The normalized spacial score (nSPS) is 20.0. The molecule has 1 atom stereocenters. The van der Waals surface area contributed by atoms with Gasteiger partial charge in [0.05, 0.1) is 17.7 Å². The maximum absolute atomic E-state index is 13.0. The highest BCUT2D eigenvalue weighted by Crippen LogP contribution is 2.32. The van der Waals surface area contributed by atoms with E-state index in [-0.39, 0.29) is 29.4 Å². The summed E-state index contributed by atoms with van der Waals surface area (Å²) in [6.07, 6.45) is 0.236. The molecular weight excluding hydrogens is 350 g/mol. The molecule has 1 saturated heterocycles. The van der Waals surface area contributed by atoms with Gasteiger partial charge < -0.3 is 10.1 Å². The van der Waals surface area contributed by atoms with Gasteiger partial charge in [0.25, 0.3) is 11.8 Å².